The van der Waals surface area contributed by atoms with Crippen molar-refractivity contribution in [3.63, 3.8) is 0 Å². The molecule has 0 bridgehead atoms. The maximum Gasteiger partial charge on any atom is 0.273 e. The molecular weight excluding hydrogens is 222 g/mol. The van der Waals surface area contributed by atoms with Crippen LogP contribution < -0.4 is 4.90 Å². The Bertz CT molecular complexity index is 428. The number of piperazine rings is 1. The number of phenolic OH excluding ortho intramolecular Hbond substituents is 1. The molecule has 0 amide bonds. The van der Waals surface area contributed by atoms with Crippen LogP contribution >= 0.6 is 0 Å². The van der Waals surface area contributed by atoms with Crippen molar-refractivity contribution in [1.82, 2.24) is 4.90 Å². The van der Waals surface area contributed by atoms with Crippen molar-refractivity contribution in [1.29, 1.82) is 0 Å². The van der Waals surface area contributed by atoms with Crippen LogP contribution in [0.15, 0.2) is 18.2 Å². The second-order valence-electron chi connectivity index (χ2n) is 4.22. The number of hydrogen-bond donors (Lipinski definition) is 1. The number of aromatic hydroxyl groups is 1. The standard InChI is InChI=1S/C11H15N3O3/c1-12-4-6-13(7-5-12)10-3-2-9(14(16)17)8-11(10)15/h2-3,8,15H,4-7H2,1H3. The van der Waals surface area contributed by atoms with E-state index in [4.69, 9.17) is 0 Å². The summed E-state index contributed by atoms with van der Waals surface area (Å²) in [6.07, 6.45) is 0. The molecule has 1 fully saturated rings. The van der Waals surface area contributed by atoms with Gasteiger partial charge in [0.15, 0.2) is 0 Å². The normalized spacial score (nSPS) is 17.1. The Kier molecular flexibility index (Phi) is 3.14. The van der Waals surface area contributed by atoms with Gasteiger partial charge in [-0.25, -0.2) is 0 Å². The van der Waals surface area contributed by atoms with Crippen molar-refractivity contribution in [3.05, 3.63) is 28.3 Å². The van der Waals surface area contributed by atoms with Gasteiger partial charge in [-0.2, -0.15) is 0 Å². The third kappa shape index (κ3) is 2.47. The van der Waals surface area contributed by atoms with Crippen LogP contribution in [0, 0.1) is 10.1 Å². The summed E-state index contributed by atoms with van der Waals surface area (Å²) in [4.78, 5) is 14.3. The monoisotopic (exact) mass is 237 g/mol. The Morgan fingerprint density at radius 2 is 1.94 bits per heavy atom. The quantitative estimate of drug-likeness (QED) is 0.615. The fourth-order valence-electron chi connectivity index (χ4n) is 1.94. The molecule has 0 aromatic heterocycles. The molecule has 0 unspecified atom stereocenters. The lowest BCUT2D eigenvalue weighted by Crippen LogP contribution is -2.44. The smallest absolute Gasteiger partial charge is 0.273 e. The van der Waals surface area contributed by atoms with Crippen molar-refractivity contribution >= 4 is 11.4 Å². The van der Waals surface area contributed by atoms with E-state index in [0.717, 1.165) is 26.2 Å². The molecule has 1 aliphatic rings. The second kappa shape index (κ2) is 4.58. The van der Waals surface area contributed by atoms with E-state index in [9.17, 15) is 15.2 Å². The Labute approximate surface area is 99.2 Å². The Hall–Kier alpha value is -1.82. The molecule has 0 atom stereocenters. The first kappa shape index (κ1) is 11.7. The molecule has 0 radical (unpaired) electrons. The predicted molar refractivity (Wildman–Crippen MR) is 64.5 cm³/mol. The Morgan fingerprint density at radius 3 is 2.47 bits per heavy atom. The highest BCUT2D eigenvalue weighted by atomic mass is 16.6. The first-order chi connectivity index (χ1) is 8.08. The number of nitro benzene ring substituents is 1. The molecule has 17 heavy (non-hydrogen) atoms. The average molecular weight is 237 g/mol. The van der Waals surface area contributed by atoms with Gasteiger partial charge in [-0.3, -0.25) is 10.1 Å². The summed E-state index contributed by atoms with van der Waals surface area (Å²) in [6, 6.07) is 4.24. The molecule has 0 saturated carbocycles. The number of nitro groups is 1. The molecule has 2 rings (SSSR count). The van der Waals surface area contributed by atoms with Crippen LogP contribution in [0.1, 0.15) is 0 Å². The topological polar surface area (TPSA) is 69.9 Å². The largest absolute Gasteiger partial charge is 0.506 e. The van der Waals surface area contributed by atoms with Crippen LogP contribution in [-0.4, -0.2) is 48.2 Å². The van der Waals surface area contributed by atoms with Gasteiger partial charge in [-0.15, -0.1) is 0 Å². The van der Waals surface area contributed by atoms with E-state index in [0.29, 0.717) is 5.69 Å². The molecular formula is C11H15N3O3. The van der Waals surface area contributed by atoms with Crippen LogP contribution in [0.25, 0.3) is 0 Å². The number of anilines is 1. The molecule has 6 nitrogen and oxygen atoms in total. The van der Waals surface area contributed by atoms with E-state index in [-0.39, 0.29) is 11.4 Å². The summed E-state index contributed by atoms with van der Waals surface area (Å²) in [5.41, 5.74) is 0.587. The van der Waals surface area contributed by atoms with Gasteiger partial charge in [0.1, 0.15) is 5.75 Å². The summed E-state index contributed by atoms with van der Waals surface area (Å²) >= 11 is 0. The zero-order valence-corrected chi connectivity index (χ0v) is 9.67. The van der Waals surface area contributed by atoms with Gasteiger partial charge in [-0.1, -0.05) is 0 Å². The van der Waals surface area contributed by atoms with Crippen molar-refractivity contribution in [3.8, 4) is 5.75 Å². The summed E-state index contributed by atoms with van der Waals surface area (Å²) < 4.78 is 0. The molecule has 6 heteroatoms. The zero-order chi connectivity index (χ0) is 12.4. The lowest BCUT2D eigenvalue weighted by molar-refractivity contribution is -0.384. The number of benzene rings is 1. The van der Waals surface area contributed by atoms with Crippen LogP contribution in [0.3, 0.4) is 0 Å². The van der Waals surface area contributed by atoms with E-state index in [1.165, 1.54) is 12.1 Å². The number of hydrogen-bond acceptors (Lipinski definition) is 5. The van der Waals surface area contributed by atoms with Gasteiger partial charge >= 0.3 is 0 Å². The van der Waals surface area contributed by atoms with Crippen LogP contribution in [0.2, 0.25) is 0 Å². The molecule has 1 heterocycles. The maximum absolute atomic E-state index is 10.6. The number of nitrogens with zero attached hydrogens (tertiary/aromatic N) is 3. The summed E-state index contributed by atoms with van der Waals surface area (Å²) in [5, 5.41) is 20.4. The first-order valence-electron chi connectivity index (χ1n) is 5.49. The predicted octanol–water partition coefficient (Wildman–Crippen LogP) is 1.05. The van der Waals surface area contributed by atoms with E-state index in [1.54, 1.807) is 6.07 Å². The number of likely N-dealkylation sites (N-methyl/N-ethyl adjacent to an activating group) is 1. The van der Waals surface area contributed by atoms with Crippen molar-refractivity contribution in [2.45, 2.75) is 0 Å². The third-order valence-electron chi connectivity index (χ3n) is 3.01. The molecule has 1 saturated heterocycles. The van der Waals surface area contributed by atoms with Gasteiger partial charge in [-0.05, 0) is 13.1 Å². The minimum atomic E-state index is -0.506. The van der Waals surface area contributed by atoms with Gasteiger partial charge in [0.05, 0.1) is 16.7 Å². The van der Waals surface area contributed by atoms with E-state index >= 15 is 0 Å². The van der Waals surface area contributed by atoms with Crippen molar-refractivity contribution in [2.75, 3.05) is 38.1 Å². The molecule has 1 aromatic rings. The minimum absolute atomic E-state index is 0.0243. The molecule has 1 aliphatic heterocycles. The Balaban J connectivity index is 2.19. The second-order valence-corrected chi connectivity index (χ2v) is 4.22. The highest BCUT2D eigenvalue weighted by Crippen LogP contribution is 2.31. The third-order valence-corrected chi connectivity index (χ3v) is 3.01. The van der Waals surface area contributed by atoms with Gasteiger partial charge in [0, 0.05) is 32.2 Å². The number of non-ortho nitro benzene ring substituents is 1. The highest BCUT2D eigenvalue weighted by Gasteiger charge is 2.18. The fraction of sp³-hybridized carbons (Fsp3) is 0.455. The molecule has 1 aromatic carbocycles. The maximum atomic E-state index is 10.6. The lowest BCUT2D eigenvalue weighted by Gasteiger charge is -2.34. The number of rotatable bonds is 2. The molecule has 0 spiro atoms. The fourth-order valence-corrected chi connectivity index (χ4v) is 1.94. The number of phenols is 1. The van der Waals surface area contributed by atoms with E-state index in [2.05, 4.69) is 4.90 Å². The van der Waals surface area contributed by atoms with Crippen LogP contribution in [-0.2, 0) is 0 Å². The SMILES string of the molecule is CN1CCN(c2ccc([N+](=O)[O-])cc2O)CC1. The van der Waals surface area contributed by atoms with E-state index in [1.807, 2.05) is 11.9 Å². The molecule has 92 valence electrons. The Morgan fingerprint density at radius 1 is 1.29 bits per heavy atom. The van der Waals surface area contributed by atoms with Crippen molar-refractivity contribution < 1.29 is 10.0 Å². The lowest BCUT2D eigenvalue weighted by atomic mass is 10.2. The average Bonchev–Trinajstić information content (AvgIpc) is 2.30. The van der Waals surface area contributed by atoms with Crippen LogP contribution in [0.5, 0.6) is 5.75 Å². The minimum Gasteiger partial charge on any atom is -0.506 e. The van der Waals surface area contributed by atoms with Gasteiger partial charge in [0.25, 0.3) is 5.69 Å². The summed E-state index contributed by atoms with van der Waals surface area (Å²) in [6.45, 7) is 3.50. The van der Waals surface area contributed by atoms with Crippen molar-refractivity contribution in [2.24, 2.45) is 0 Å². The molecule has 1 N–H and O–H groups in total. The molecule has 0 aliphatic carbocycles. The first-order valence-corrected chi connectivity index (χ1v) is 5.49. The van der Waals surface area contributed by atoms with Gasteiger partial charge in [0.2, 0.25) is 0 Å². The zero-order valence-electron chi connectivity index (χ0n) is 9.67. The van der Waals surface area contributed by atoms with E-state index < -0.39 is 4.92 Å². The summed E-state index contributed by atoms with van der Waals surface area (Å²) in [5.74, 6) is -0.0243. The highest BCUT2D eigenvalue weighted by molar-refractivity contribution is 5.61. The summed E-state index contributed by atoms with van der Waals surface area (Å²) in [7, 11) is 2.05. The van der Waals surface area contributed by atoms with Crippen LogP contribution in [0.4, 0.5) is 11.4 Å². The van der Waals surface area contributed by atoms with Gasteiger partial charge < -0.3 is 14.9 Å².